The minimum absolute atomic E-state index is 0.179. The number of hydrogen-bond donors (Lipinski definition) is 1. The van der Waals surface area contributed by atoms with Gasteiger partial charge in [-0.05, 0) is 48.7 Å². The van der Waals surface area contributed by atoms with Crippen molar-refractivity contribution in [1.82, 2.24) is 4.57 Å². The molecule has 1 atom stereocenters. The molecule has 0 aliphatic carbocycles. The summed E-state index contributed by atoms with van der Waals surface area (Å²) >= 11 is 0. The first-order chi connectivity index (χ1) is 9.10. The van der Waals surface area contributed by atoms with Gasteiger partial charge in [0.1, 0.15) is 5.82 Å². The molecule has 2 aromatic rings. The molecule has 1 aromatic heterocycles. The highest BCUT2D eigenvalue weighted by Gasteiger charge is 2.08. The number of rotatable bonds is 5. The van der Waals surface area contributed by atoms with Gasteiger partial charge in [0, 0.05) is 30.9 Å². The number of aromatic nitrogens is 1. The molecular formula is C16H21FN2. The largest absolute Gasteiger partial charge is 0.347 e. The van der Waals surface area contributed by atoms with Crippen molar-refractivity contribution in [2.75, 3.05) is 0 Å². The molecule has 2 N–H and O–H groups in total. The Hall–Kier alpha value is -1.61. The fourth-order valence-corrected chi connectivity index (χ4v) is 2.22. The third-order valence-corrected chi connectivity index (χ3v) is 3.56. The second kappa shape index (κ2) is 6.02. The molecule has 2 nitrogen and oxygen atoms in total. The van der Waals surface area contributed by atoms with Crippen LogP contribution >= 0.6 is 0 Å². The Morgan fingerprint density at radius 3 is 2.79 bits per heavy atom. The number of hydrogen-bond acceptors (Lipinski definition) is 1. The van der Waals surface area contributed by atoms with Crippen molar-refractivity contribution in [3.05, 3.63) is 59.2 Å². The molecule has 0 aliphatic heterocycles. The zero-order valence-corrected chi connectivity index (χ0v) is 11.6. The van der Waals surface area contributed by atoms with Gasteiger partial charge in [0.15, 0.2) is 0 Å². The van der Waals surface area contributed by atoms with Crippen molar-refractivity contribution in [3.8, 4) is 0 Å². The molecule has 0 amide bonds. The van der Waals surface area contributed by atoms with Crippen molar-refractivity contribution < 1.29 is 4.39 Å². The number of nitrogens with zero attached hydrogens (tertiary/aromatic N) is 1. The van der Waals surface area contributed by atoms with Crippen molar-refractivity contribution in [1.29, 1.82) is 0 Å². The monoisotopic (exact) mass is 260 g/mol. The third-order valence-electron chi connectivity index (χ3n) is 3.56. The lowest BCUT2D eigenvalue weighted by molar-refractivity contribution is 0.607. The zero-order valence-electron chi connectivity index (χ0n) is 11.6. The Morgan fingerprint density at radius 2 is 2.11 bits per heavy atom. The first-order valence-corrected chi connectivity index (χ1v) is 6.74. The molecule has 0 saturated heterocycles. The smallest absolute Gasteiger partial charge is 0.123 e. The average molecular weight is 260 g/mol. The molecule has 0 fully saturated rings. The van der Waals surface area contributed by atoms with E-state index < -0.39 is 0 Å². The summed E-state index contributed by atoms with van der Waals surface area (Å²) in [6.45, 7) is 4.81. The highest BCUT2D eigenvalue weighted by Crippen LogP contribution is 2.14. The Labute approximate surface area is 114 Å². The Kier molecular flexibility index (Phi) is 4.38. The number of aryl methyl sites for hydroxylation is 1. The summed E-state index contributed by atoms with van der Waals surface area (Å²) in [6.07, 6.45) is 3.91. The summed E-state index contributed by atoms with van der Waals surface area (Å²) in [4.78, 5) is 0. The highest BCUT2D eigenvalue weighted by atomic mass is 19.1. The lowest BCUT2D eigenvalue weighted by Crippen LogP contribution is -2.23. The Bertz CT molecular complexity index is 545. The van der Waals surface area contributed by atoms with Crippen molar-refractivity contribution >= 4 is 0 Å². The lowest BCUT2D eigenvalue weighted by atomic mass is 10.1. The molecule has 1 unspecified atom stereocenters. The van der Waals surface area contributed by atoms with E-state index in [1.807, 2.05) is 19.1 Å². The predicted octanol–water partition coefficient (Wildman–Crippen LogP) is 3.26. The SMILES string of the molecule is CCC(N)Cc1cccn1Cc1ccc(F)cc1C. The second-order valence-electron chi connectivity index (χ2n) is 5.07. The van der Waals surface area contributed by atoms with E-state index in [1.54, 1.807) is 6.07 Å². The lowest BCUT2D eigenvalue weighted by Gasteiger charge is -2.14. The van der Waals surface area contributed by atoms with Crippen LogP contribution in [0.2, 0.25) is 0 Å². The third kappa shape index (κ3) is 3.44. The van der Waals surface area contributed by atoms with Gasteiger partial charge in [0.25, 0.3) is 0 Å². The van der Waals surface area contributed by atoms with Crippen LogP contribution in [0.15, 0.2) is 36.5 Å². The van der Waals surface area contributed by atoms with Gasteiger partial charge in [-0.1, -0.05) is 13.0 Å². The van der Waals surface area contributed by atoms with E-state index in [0.717, 1.165) is 30.5 Å². The van der Waals surface area contributed by atoms with Gasteiger partial charge < -0.3 is 10.3 Å². The zero-order chi connectivity index (χ0) is 13.8. The summed E-state index contributed by atoms with van der Waals surface area (Å²) in [5, 5.41) is 0. The van der Waals surface area contributed by atoms with Crippen molar-refractivity contribution in [3.63, 3.8) is 0 Å². The molecule has 2 rings (SSSR count). The molecule has 0 spiro atoms. The first kappa shape index (κ1) is 13.8. The normalized spacial score (nSPS) is 12.6. The molecule has 0 aliphatic rings. The second-order valence-corrected chi connectivity index (χ2v) is 5.07. The highest BCUT2D eigenvalue weighted by molar-refractivity contribution is 5.27. The summed E-state index contributed by atoms with van der Waals surface area (Å²) in [7, 11) is 0. The molecule has 1 heterocycles. The maximum Gasteiger partial charge on any atom is 0.123 e. The quantitative estimate of drug-likeness (QED) is 0.879. The Balaban J connectivity index is 2.17. The molecule has 102 valence electrons. The van der Waals surface area contributed by atoms with Crippen molar-refractivity contribution in [2.45, 2.75) is 39.3 Å². The molecule has 19 heavy (non-hydrogen) atoms. The summed E-state index contributed by atoms with van der Waals surface area (Å²) in [6, 6.07) is 9.29. The van der Waals surface area contributed by atoms with Gasteiger partial charge in [0.2, 0.25) is 0 Å². The van der Waals surface area contributed by atoms with E-state index >= 15 is 0 Å². The van der Waals surface area contributed by atoms with E-state index in [9.17, 15) is 4.39 Å². The van der Waals surface area contributed by atoms with Crippen LogP contribution in [0.5, 0.6) is 0 Å². The average Bonchev–Trinajstić information content (AvgIpc) is 2.80. The van der Waals surface area contributed by atoms with Crippen LogP contribution in [-0.2, 0) is 13.0 Å². The molecule has 0 bridgehead atoms. The minimum Gasteiger partial charge on any atom is -0.347 e. The topological polar surface area (TPSA) is 30.9 Å². The summed E-state index contributed by atoms with van der Waals surface area (Å²) in [5.41, 5.74) is 9.38. The van der Waals surface area contributed by atoms with E-state index in [4.69, 9.17) is 5.73 Å². The van der Waals surface area contributed by atoms with Gasteiger partial charge in [-0.2, -0.15) is 0 Å². The van der Waals surface area contributed by atoms with E-state index in [-0.39, 0.29) is 11.9 Å². The minimum atomic E-state index is -0.179. The first-order valence-electron chi connectivity index (χ1n) is 6.74. The number of benzene rings is 1. The van der Waals surface area contributed by atoms with Crippen LogP contribution in [-0.4, -0.2) is 10.6 Å². The van der Waals surface area contributed by atoms with Gasteiger partial charge >= 0.3 is 0 Å². The Morgan fingerprint density at radius 1 is 1.32 bits per heavy atom. The predicted molar refractivity (Wildman–Crippen MR) is 76.6 cm³/mol. The van der Waals surface area contributed by atoms with Crippen LogP contribution in [0.3, 0.4) is 0 Å². The molecule has 0 radical (unpaired) electrons. The number of halogens is 1. The van der Waals surface area contributed by atoms with Crippen LogP contribution < -0.4 is 5.73 Å². The van der Waals surface area contributed by atoms with Gasteiger partial charge in [0.05, 0.1) is 0 Å². The van der Waals surface area contributed by atoms with E-state index in [2.05, 4.69) is 23.8 Å². The molecule has 3 heteroatoms. The summed E-state index contributed by atoms with van der Waals surface area (Å²) < 4.78 is 15.3. The van der Waals surface area contributed by atoms with Crippen LogP contribution in [0.4, 0.5) is 4.39 Å². The molecule has 0 saturated carbocycles. The standard InChI is InChI=1S/C16H21FN2/c1-3-15(18)10-16-5-4-8-19(16)11-13-6-7-14(17)9-12(13)2/h4-9,15H,3,10-11,18H2,1-2H3. The van der Waals surface area contributed by atoms with E-state index in [0.29, 0.717) is 0 Å². The molecular weight excluding hydrogens is 239 g/mol. The van der Waals surface area contributed by atoms with Crippen LogP contribution in [0.25, 0.3) is 0 Å². The van der Waals surface area contributed by atoms with Crippen molar-refractivity contribution in [2.24, 2.45) is 5.73 Å². The van der Waals surface area contributed by atoms with Crippen LogP contribution in [0, 0.1) is 12.7 Å². The fraction of sp³-hybridized carbons (Fsp3) is 0.375. The number of nitrogens with two attached hydrogens (primary N) is 1. The van der Waals surface area contributed by atoms with Gasteiger partial charge in [-0.3, -0.25) is 0 Å². The van der Waals surface area contributed by atoms with Gasteiger partial charge in [-0.15, -0.1) is 0 Å². The fourth-order valence-electron chi connectivity index (χ4n) is 2.22. The summed E-state index contributed by atoms with van der Waals surface area (Å²) in [5.74, 6) is -0.179. The van der Waals surface area contributed by atoms with Gasteiger partial charge in [-0.25, -0.2) is 4.39 Å². The maximum absolute atomic E-state index is 13.1. The van der Waals surface area contributed by atoms with Crippen LogP contribution in [0.1, 0.15) is 30.2 Å². The van der Waals surface area contributed by atoms with E-state index in [1.165, 1.54) is 11.8 Å². The maximum atomic E-state index is 13.1. The molecule has 1 aromatic carbocycles.